The third-order valence-electron chi connectivity index (χ3n) is 3.78. The van der Waals surface area contributed by atoms with E-state index >= 15 is 0 Å². The van der Waals surface area contributed by atoms with Crippen molar-refractivity contribution in [3.63, 3.8) is 0 Å². The summed E-state index contributed by atoms with van der Waals surface area (Å²) in [6.45, 7) is 4.16. The van der Waals surface area contributed by atoms with E-state index in [1.54, 1.807) is 6.92 Å². The molecule has 116 valence electrons. The Bertz CT molecular complexity index is 526. The molecule has 0 aromatic carbocycles. The number of anilines is 2. The average molecular weight is 294 g/mol. The average Bonchev–Trinajstić information content (AvgIpc) is 2.37. The monoisotopic (exact) mass is 294 g/mol. The Morgan fingerprint density at radius 2 is 2.00 bits per heavy atom. The van der Waals surface area contributed by atoms with Crippen molar-refractivity contribution in [2.24, 2.45) is 5.92 Å². The van der Waals surface area contributed by atoms with Gasteiger partial charge in [-0.2, -0.15) is 4.98 Å². The molecule has 8 nitrogen and oxygen atoms in total. The van der Waals surface area contributed by atoms with Crippen molar-refractivity contribution in [3.8, 4) is 0 Å². The SMILES string of the molecule is Cc1nc(N)nc(N2CCC(CN(C)C)CC2)c1[N+](=O)[O-]. The highest BCUT2D eigenvalue weighted by Gasteiger charge is 2.29. The van der Waals surface area contributed by atoms with Crippen LogP contribution in [0.1, 0.15) is 18.5 Å². The lowest BCUT2D eigenvalue weighted by Crippen LogP contribution is -2.38. The number of nitrogens with zero attached hydrogens (tertiary/aromatic N) is 5. The molecule has 0 atom stereocenters. The summed E-state index contributed by atoms with van der Waals surface area (Å²) in [5.74, 6) is 1.06. The zero-order valence-electron chi connectivity index (χ0n) is 12.7. The van der Waals surface area contributed by atoms with Gasteiger partial charge in [0, 0.05) is 19.6 Å². The lowest BCUT2D eigenvalue weighted by Gasteiger charge is -2.33. The van der Waals surface area contributed by atoms with Gasteiger partial charge in [0.15, 0.2) is 0 Å². The predicted octanol–water partition coefficient (Wildman–Crippen LogP) is 1.05. The van der Waals surface area contributed by atoms with E-state index in [0.717, 1.165) is 32.5 Å². The second-order valence-corrected chi connectivity index (χ2v) is 5.79. The molecule has 0 amide bonds. The first-order valence-corrected chi connectivity index (χ1v) is 7.06. The summed E-state index contributed by atoms with van der Waals surface area (Å²) >= 11 is 0. The maximum absolute atomic E-state index is 11.3. The second-order valence-electron chi connectivity index (χ2n) is 5.79. The van der Waals surface area contributed by atoms with E-state index in [-0.39, 0.29) is 11.6 Å². The molecular formula is C13H22N6O2. The molecule has 1 aromatic rings. The van der Waals surface area contributed by atoms with Gasteiger partial charge in [0.1, 0.15) is 5.69 Å². The van der Waals surface area contributed by atoms with Crippen LogP contribution in [0.4, 0.5) is 17.5 Å². The second kappa shape index (κ2) is 6.21. The van der Waals surface area contributed by atoms with Gasteiger partial charge in [0.2, 0.25) is 11.8 Å². The van der Waals surface area contributed by atoms with Crippen LogP contribution < -0.4 is 10.6 Å². The topological polar surface area (TPSA) is 101 Å². The van der Waals surface area contributed by atoms with E-state index in [4.69, 9.17) is 5.73 Å². The first kappa shape index (κ1) is 15.4. The van der Waals surface area contributed by atoms with E-state index in [0.29, 0.717) is 17.4 Å². The van der Waals surface area contributed by atoms with Crippen LogP contribution in [0.25, 0.3) is 0 Å². The molecule has 1 saturated heterocycles. The molecule has 0 bridgehead atoms. The smallest absolute Gasteiger partial charge is 0.332 e. The van der Waals surface area contributed by atoms with E-state index in [1.165, 1.54) is 0 Å². The molecule has 1 aromatic heterocycles. The Labute approximate surface area is 124 Å². The number of nitrogen functional groups attached to an aromatic ring is 1. The summed E-state index contributed by atoms with van der Waals surface area (Å²) in [5.41, 5.74) is 5.94. The number of aromatic nitrogens is 2. The highest BCUT2D eigenvalue weighted by molar-refractivity contribution is 5.62. The normalized spacial score (nSPS) is 16.5. The maximum atomic E-state index is 11.3. The largest absolute Gasteiger partial charge is 0.368 e. The summed E-state index contributed by atoms with van der Waals surface area (Å²) in [4.78, 5) is 23.0. The summed E-state index contributed by atoms with van der Waals surface area (Å²) < 4.78 is 0. The fourth-order valence-electron chi connectivity index (χ4n) is 2.85. The maximum Gasteiger partial charge on any atom is 0.332 e. The number of nitro groups is 1. The van der Waals surface area contributed by atoms with Gasteiger partial charge in [-0.3, -0.25) is 10.1 Å². The first-order chi connectivity index (χ1) is 9.88. The van der Waals surface area contributed by atoms with Crippen molar-refractivity contribution < 1.29 is 4.92 Å². The molecule has 0 radical (unpaired) electrons. The Balaban J connectivity index is 2.18. The molecule has 2 N–H and O–H groups in total. The van der Waals surface area contributed by atoms with Crippen LogP contribution in [0.5, 0.6) is 0 Å². The zero-order valence-corrected chi connectivity index (χ0v) is 12.7. The van der Waals surface area contributed by atoms with Crippen molar-refractivity contribution in [3.05, 3.63) is 15.8 Å². The van der Waals surface area contributed by atoms with Crippen LogP contribution in [0.2, 0.25) is 0 Å². The number of hydrogen-bond donors (Lipinski definition) is 1. The molecule has 1 aliphatic heterocycles. The number of hydrogen-bond acceptors (Lipinski definition) is 7. The molecule has 0 saturated carbocycles. The molecule has 2 heterocycles. The van der Waals surface area contributed by atoms with Gasteiger partial charge >= 0.3 is 5.69 Å². The molecular weight excluding hydrogens is 272 g/mol. The fourth-order valence-corrected chi connectivity index (χ4v) is 2.85. The van der Waals surface area contributed by atoms with Gasteiger partial charge in [-0.05, 0) is 39.8 Å². The third kappa shape index (κ3) is 3.57. The minimum Gasteiger partial charge on any atom is -0.368 e. The Kier molecular flexibility index (Phi) is 4.56. The van der Waals surface area contributed by atoms with Gasteiger partial charge in [-0.25, -0.2) is 4.98 Å². The van der Waals surface area contributed by atoms with Crippen LogP contribution in [-0.4, -0.2) is 53.5 Å². The number of rotatable bonds is 4. The lowest BCUT2D eigenvalue weighted by atomic mass is 9.96. The minimum atomic E-state index is -0.421. The number of nitrogens with two attached hydrogens (primary N) is 1. The molecule has 1 aliphatic rings. The quantitative estimate of drug-likeness (QED) is 0.654. The first-order valence-electron chi connectivity index (χ1n) is 7.06. The summed E-state index contributed by atoms with van der Waals surface area (Å²) in [6.07, 6.45) is 2.00. The molecule has 0 aliphatic carbocycles. The molecule has 0 spiro atoms. The predicted molar refractivity (Wildman–Crippen MR) is 81.3 cm³/mol. The van der Waals surface area contributed by atoms with E-state index < -0.39 is 4.92 Å². The van der Waals surface area contributed by atoms with Gasteiger partial charge in [0.05, 0.1) is 4.92 Å². The van der Waals surface area contributed by atoms with E-state index in [1.807, 2.05) is 4.90 Å². The Morgan fingerprint density at radius 3 is 2.52 bits per heavy atom. The van der Waals surface area contributed by atoms with Crippen molar-refractivity contribution in [1.29, 1.82) is 0 Å². The summed E-state index contributed by atoms with van der Waals surface area (Å²) in [7, 11) is 4.12. The fraction of sp³-hybridized carbons (Fsp3) is 0.692. The zero-order chi connectivity index (χ0) is 15.6. The van der Waals surface area contributed by atoms with Crippen LogP contribution in [0, 0.1) is 23.0 Å². The van der Waals surface area contributed by atoms with Gasteiger partial charge in [-0.1, -0.05) is 0 Å². The van der Waals surface area contributed by atoms with Gasteiger partial charge in [-0.15, -0.1) is 0 Å². The van der Waals surface area contributed by atoms with E-state index in [9.17, 15) is 10.1 Å². The van der Waals surface area contributed by atoms with Crippen LogP contribution in [0.15, 0.2) is 0 Å². The Hall–Kier alpha value is -1.96. The highest BCUT2D eigenvalue weighted by Crippen LogP contribution is 2.32. The summed E-state index contributed by atoms with van der Waals surface area (Å²) in [5, 5.41) is 11.3. The van der Waals surface area contributed by atoms with Crippen LogP contribution >= 0.6 is 0 Å². The number of aryl methyl sites for hydroxylation is 1. The number of piperidine rings is 1. The Morgan fingerprint density at radius 1 is 1.38 bits per heavy atom. The minimum absolute atomic E-state index is 0.0322. The van der Waals surface area contributed by atoms with E-state index in [2.05, 4.69) is 29.0 Å². The molecule has 8 heteroatoms. The molecule has 2 rings (SSSR count). The summed E-state index contributed by atoms with van der Waals surface area (Å²) in [6, 6.07) is 0. The van der Waals surface area contributed by atoms with Gasteiger partial charge < -0.3 is 15.5 Å². The third-order valence-corrected chi connectivity index (χ3v) is 3.78. The standard InChI is InChI=1S/C13H22N6O2/c1-9-11(19(20)21)12(16-13(14)15-9)18-6-4-10(5-7-18)8-17(2)3/h10H,4-8H2,1-3H3,(H2,14,15,16). The molecule has 0 unspecified atom stereocenters. The molecule has 1 fully saturated rings. The van der Waals surface area contributed by atoms with Gasteiger partial charge in [0.25, 0.3) is 0 Å². The van der Waals surface area contributed by atoms with Crippen molar-refractivity contribution in [1.82, 2.24) is 14.9 Å². The highest BCUT2D eigenvalue weighted by atomic mass is 16.6. The molecule has 21 heavy (non-hydrogen) atoms. The van der Waals surface area contributed by atoms with Crippen LogP contribution in [0.3, 0.4) is 0 Å². The van der Waals surface area contributed by atoms with Crippen molar-refractivity contribution in [2.45, 2.75) is 19.8 Å². The lowest BCUT2D eigenvalue weighted by molar-refractivity contribution is -0.385. The van der Waals surface area contributed by atoms with Crippen molar-refractivity contribution >= 4 is 17.5 Å². The van der Waals surface area contributed by atoms with Crippen molar-refractivity contribution in [2.75, 3.05) is 44.4 Å². The van der Waals surface area contributed by atoms with Crippen LogP contribution in [-0.2, 0) is 0 Å².